The van der Waals surface area contributed by atoms with Gasteiger partial charge >= 0.3 is 0 Å². The molecule has 0 aromatic heterocycles. The lowest BCUT2D eigenvalue weighted by atomic mass is 10.0. The summed E-state index contributed by atoms with van der Waals surface area (Å²) < 4.78 is 11.5. The molecule has 1 fully saturated rings. The summed E-state index contributed by atoms with van der Waals surface area (Å²) in [5, 5.41) is 0. The molecule has 0 heterocycles. The molecule has 3 nitrogen and oxygen atoms in total. The standard InChI is InChI=1S/C13H18BrNO2/c1-16-11-6-9(7-12(17-2)13(11)14)10(15)5-8-3-4-8/h6-8,10H,3-5,15H2,1-2H3/t10-/m1/s1. The fraction of sp³-hybridized carbons (Fsp3) is 0.538. The lowest BCUT2D eigenvalue weighted by molar-refractivity contribution is 0.387. The molecule has 0 aliphatic heterocycles. The van der Waals surface area contributed by atoms with Gasteiger partial charge in [-0.05, 0) is 46.0 Å². The van der Waals surface area contributed by atoms with Crippen molar-refractivity contribution in [2.75, 3.05) is 14.2 Å². The third-order valence-corrected chi connectivity index (χ3v) is 3.96. The van der Waals surface area contributed by atoms with Gasteiger partial charge < -0.3 is 15.2 Å². The zero-order valence-electron chi connectivity index (χ0n) is 10.2. The van der Waals surface area contributed by atoms with Crippen molar-refractivity contribution in [3.63, 3.8) is 0 Å². The molecule has 0 bridgehead atoms. The fourth-order valence-corrected chi connectivity index (χ4v) is 2.51. The molecule has 1 atom stereocenters. The monoisotopic (exact) mass is 299 g/mol. The van der Waals surface area contributed by atoms with E-state index in [2.05, 4.69) is 15.9 Å². The Morgan fingerprint density at radius 1 is 1.29 bits per heavy atom. The number of nitrogens with two attached hydrogens (primary N) is 1. The number of halogens is 1. The summed E-state index contributed by atoms with van der Waals surface area (Å²) in [4.78, 5) is 0. The first kappa shape index (κ1) is 12.7. The van der Waals surface area contributed by atoms with E-state index in [0.29, 0.717) is 0 Å². The molecule has 4 heteroatoms. The predicted octanol–water partition coefficient (Wildman–Crippen LogP) is 3.27. The maximum absolute atomic E-state index is 6.21. The molecule has 17 heavy (non-hydrogen) atoms. The van der Waals surface area contributed by atoms with E-state index in [1.54, 1.807) is 14.2 Å². The third-order valence-electron chi connectivity index (χ3n) is 3.18. The van der Waals surface area contributed by atoms with Crippen LogP contribution in [0.3, 0.4) is 0 Å². The molecule has 0 amide bonds. The van der Waals surface area contributed by atoms with E-state index in [1.165, 1.54) is 12.8 Å². The van der Waals surface area contributed by atoms with Crippen molar-refractivity contribution in [3.05, 3.63) is 22.2 Å². The van der Waals surface area contributed by atoms with E-state index < -0.39 is 0 Å². The van der Waals surface area contributed by atoms with E-state index in [0.717, 1.165) is 33.9 Å². The number of methoxy groups -OCH3 is 2. The molecule has 2 rings (SSSR count). The molecule has 1 saturated carbocycles. The summed E-state index contributed by atoms with van der Waals surface area (Å²) in [6.45, 7) is 0. The SMILES string of the molecule is COc1cc([C@H](N)CC2CC2)cc(OC)c1Br. The third kappa shape index (κ3) is 2.93. The van der Waals surface area contributed by atoms with Crippen LogP contribution in [-0.4, -0.2) is 14.2 Å². The van der Waals surface area contributed by atoms with Gasteiger partial charge in [0.1, 0.15) is 16.0 Å². The van der Waals surface area contributed by atoms with Gasteiger partial charge in [-0.2, -0.15) is 0 Å². The van der Waals surface area contributed by atoms with Crippen LogP contribution in [-0.2, 0) is 0 Å². The van der Waals surface area contributed by atoms with Crippen molar-refractivity contribution < 1.29 is 9.47 Å². The van der Waals surface area contributed by atoms with Crippen molar-refractivity contribution in [3.8, 4) is 11.5 Å². The Hall–Kier alpha value is -0.740. The van der Waals surface area contributed by atoms with E-state index in [9.17, 15) is 0 Å². The second-order valence-corrected chi connectivity index (χ2v) is 5.32. The smallest absolute Gasteiger partial charge is 0.137 e. The van der Waals surface area contributed by atoms with Crippen LogP contribution in [0.15, 0.2) is 16.6 Å². The zero-order valence-corrected chi connectivity index (χ0v) is 11.8. The van der Waals surface area contributed by atoms with Gasteiger partial charge in [0.15, 0.2) is 0 Å². The van der Waals surface area contributed by atoms with Crippen molar-refractivity contribution in [2.24, 2.45) is 11.7 Å². The average Bonchev–Trinajstić information content (AvgIpc) is 3.13. The average molecular weight is 300 g/mol. The second-order valence-electron chi connectivity index (χ2n) is 4.52. The first-order valence-corrected chi connectivity index (χ1v) is 6.62. The summed E-state index contributed by atoms with van der Waals surface area (Å²) in [7, 11) is 3.30. The van der Waals surface area contributed by atoms with Gasteiger partial charge in [0, 0.05) is 6.04 Å². The molecule has 0 saturated heterocycles. The van der Waals surface area contributed by atoms with Crippen LogP contribution in [0, 0.1) is 5.92 Å². The van der Waals surface area contributed by atoms with Crippen LogP contribution in [0.2, 0.25) is 0 Å². The van der Waals surface area contributed by atoms with Crippen LogP contribution >= 0.6 is 15.9 Å². The molecule has 1 aliphatic carbocycles. The Morgan fingerprint density at radius 3 is 2.24 bits per heavy atom. The van der Waals surface area contributed by atoms with Crippen molar-refractivity contribution in [1.82, 2.24) is 0 Å². The molecular formula is C13H18BrNO2. The predicted molar refractivity (Wildman–Crippen MR) is 71.5 cm³/mol. The summed E-state index contributed by atoms with van der Waals surface area (Å²) >= 11 is 3.46. The molecule has 0 spiro atoms. The Balaban J connectivity index is 2.25. The minimum Gasteiger partial charge on any atom is -0.495 e. The van der Waals surface area contributed by atoms with E-state index in [-0.39, 0.29) is 6.04 Å². The first-order chi connectivity index (χ1) is 8.15. The van der Waals surface area contributed by atoms with Gasteiger partial charge in [0.25, 0.3) is 0 Å². The Labute approximate surface area is 110 Å². The van der Waals surface area contributed by atoms with Crippen LogP contribution in [0.4, 0.5) is 0 Å². The molecule has 1 aromatic carbocycles. The highest BCUT2D eigenvalue weighted by Gasteiger charge is 2.25. The molecule has 0 radical (unpaired) electrons. The van der Waals surface area contributed by atoms with Crippen LogP contribution in [0.1, 0.15) is 30.9 Å². The van der Waals surface area contributed by atoms with Crippen molar-refractivity contribution in [2.45, 2.75) is 25.3 Å². The van der Waals surface area contributed by atoms with E-state index in [4.69, 9.17) is 15.2 Å². The minimum atomic E-state index is 0.0680. The Bertz CT molecular complexity index is 379. The summed E-state index contributed by atoms with van der Waals surface area (Å²) in [6, 6.07) is 4.04. The molecule has 2 N–H and O–H groups in total. The summed E-state index contributed by atoms with van der Waals surface area (Å²) in [5.74, 6) is 2.35. The zero-order chi connectivity index (χ0) is 12.4. The number of hydrogen-bond acceptors (Lipinski definition) is 3. The quantitative estimate of drug-likeness (QED) is 0.907. The van der Waals surface area contributed by atoms with E-state index >= 15 is 0 Å². The lowest BCUT2D eigenvalue weighted by Gasteiger charge is -2.16. The van der Waals surface area contributed by atoms with Gasteiger partial charge in [0.2, 0.25) is 0 Å². The maximum Gasteiger partial charge on any atom is 0.137 e. The maximum atomic E-state index is 6.21. The van der Waals surface area contributed by atoms with Crippen LogP contribution in [0.25, 0.3) is 0 Å². The highest BCUT2D eigenvalue weighted by Crippen LogP contribution is 2.41. The van der Waals surface area contributed by atoms with Gasteiger partial charge in [0.05, 0.1) is 14.2 Å². The largest absolute Gasteiger partial charge is 0.495 e. The fourth-order valence-electron chi connectivity index (χ4n) is 1.95. The molecule has 0 unspecified atom stereocenters. The van der Waals surface area contributed by atoms with Crippen molar-refractivity contribution in [1.29, 1.82) is 0 Å². The lowest BCUT2D eigenvalue weighted by Crippen LogP contribution is -2.11. The van der Waals surface area contributed by atoms with Crippen molar-refractivity contribution >= 4 is 15.9 Å². The molecule has 94 valence electrons. The van der Waals surface area contributed by atoms with E-state index in [1.807, 2.05) is 12.1 Å². The van der Waals surface area contributed by atoms with Gasteiger partial charge in [-0.3, -0.25) is 0 Å². The normalized spacial score (nSPS) is 16.7. The first-order valence-electron chi connectivity index (χ1n) is 5.82. The highest BCUT2D eigenvalue weighted by atomic mass is 79.9. The highest BCUT2D eigenvalue weighted by molar-refractivity contribution is 9.10. The molecule has 1 aromatic rings. The molecule has 1 aliphatic rings. The number of ether oxygens (including phenoxy) is 2. The Kier molecular flexibility index (Phi) is 3.94. The summed E-state index contributed by atoms with van der Waals surface area (Å²) in [5.41, 5.74) is 7.28. The van der Waals surface area contributed by atoms with Gasteiger partial charge in [-0.1, -0.05) is 12.8 Å². The number of hydrogen-bond donors (Lipinski definition) is 1. The number of benzene rings is 1. The van der Waals surface area contributed by atoms with Gasteiger partial charge in [-0.25, -0.2) is 0 Å². The topological polar surface area (TPSA) is 44.5 Å². The molecular weight excluding hydrogens is 282 g/mol. The van der Waals surface area contributed by atoms with Crippen LogP contribution < -0.4 is 15.2 Å². The van der Waals surface area contributed by atoms with Gasteiger partial charge in [-0.15, -0.1) is 0 Å². The number of rotatable bonds is 5. The summed E-state index contributed by atoms with van der Waals surface area (Å²) in [6.07, 6.45) is 3.69. The Morgan fingerprint density at radius 2 is 1.82 bits per heavy atom. The minimum absolute atomic E-state index is 0.0680. The second kappa shape index (κ2) is 5.27. The van der Waals surface area contributed by atoms with Crippen LogP contribution in [0.5, 0.6) is 11.5 Å².